The third kappa shape index (κ3) is 5.64. The van der Waals surface area contributed by atoms with Gasteiger partial charge in [-0.3, -0.25) is 4.79 Å². The minimum absolute atomic E-state index is 0.197. The van der Waals surface area contributed by atoms with Crippen LogP contribution < -0.4 is 0 Å². The van der Waals surface area contributed by atoms with Gasteiger partial charge in [0, 0.05) is 20.5 Å². The lowest BCUT2D eigenvalue weighted by atomic mass is 10.2. The zero-order valence-corrected chi connectivity index (χ0v) is 7.85. The van der Waals surface area contributed by atoms with Crippen LogP contribution in [-0.4, -0.2) is 24.9 Å². The summed E-state index contributed by atoms with van der Waals surface area (Å²) in [6.45, 7) is 4.08. The Morgan fingerprint density at radius 2 is 1.91 bits per heavy atom. The van der Waals surface area contributed by atoms with Crippen molar-refractivity contribution in [3.8, 4) is 0 Å². The molecule has 64 valence electrons. The van der Waals surface area contributed by atoms with Crippen molar-refractivity contribution >= 4 is 5.91 Å². The Morgan fingerprint density at radius 3 is 2.27 bits per heavy atom. The van der Waals surface area contributed by atoms with Crippen molar-refractivity contribution in [3.63, 3.8) is 0 Å². The van der Waals surface area contributed by atoms with E-state index in [4.69, 9.17) is 0 Å². The van der Waals surface area contributed by atoms with E-state index in [-0.39, 0.29) is 5.91 Å². The van der Waals surface area contributed by atoms with Gasteiger partial charge in [-0.2, -0.15) is 0 Å². The molecule has 0 aromatic carbocycles. The Balaban J connectivity index is 3.56. The Kier molecular flexibility index (Phi) is 4.59. The van der Waals surface area contributed by atoms with Crippen LogP contribution in [0.25, 0.3) is 0 Å². The van der Waals surface area contributed by atoms with Crippen molar-refractivity contribution in [1.29, 1.82) is 0 Å². The number of nitrogens with zero attached hydrogens (tertiary/aromatic N) is 1. The standard InChI is InChI=1S/C9H17NO/c1-8(2)6-5-7-9(11)10(3)4/h6H,5,7H2,1-4H3. The van der Waals surface area contributed by atoms with Crippen molar-refractivity contribution in [2.24, 2.45) is 0 Å². The van der Waals surface area contributed by atoms with Gasteiger partial charge in [-0.1, -0.05) is 11.6 Å². The van der Waals surface area contributed by atoms with Gasteiger partial charge in [0.15, 0.2) is 0 Å². The summed E-state index contributed by atoms with van der Waals surface area (Å²) in [4.78, 5) is 12.6. The molecule has 11 heavy (non-hydrogen) atoms. The lowest BCUT2D eigenvalue weighted by molar-refractivity contribution is -0.128. The number of allylic oxidation sites excluding steroid dienone is 2. The van der Waals surface area contributed by atoms with Gasteiger partial charge in [-0.15, -0.1) is 0 Å². The molecule has 2 nitrogen and oxygen atoms in total. The third-order valence-electron chi connectivity index (χ3n) is 1.41. The highest BCUT2D eigenvalue weighted by molar-refractivity contribution is 5.75. The number of hydrogen-bond donors (Lipinski definition) is 0. The summed E-state index contributed by atoms with van der Waals surface area (Å²) in [6, 6.07) is 0. The Bertz CT molecular complexity index is 155. The fourth-order valence-corrected chi connectivity index (χ4v) is 0.708. The van der Waals surface area contributed by atoms with Gasteiger partial charge in [0.1, 0.15) is 0 Å². The van der Waals surface area contributed by atoms with Crippen LogP contribution in [0.2, 0.25) is 0 Å². The zero-order chi connectivity index (χ0) is 8.85. The second kappa shape index (κ2) is 4.94. The van der Waals surface area contributed by atoms with Gasteiger partial charge in [0.05, 0.1) is 0 Å². The maximum Gasteiger partial charge on any atom is 0.222 e. The molecule has 0 atom stereocenters. The smallest absolute Gasteiger partial charge is 0.222 e. The number of hydrogen-bond acceptors (Lipinski definition) is 1. The average molecular weight is 155 g/mol. The van der Waals surface area contributed by atoms with E-state index in [1.807, 2.05) is 13.8 Å². The molecule has 0 aromatic heterocycles. The van der Waals surface area contributed by atoms with E-state index in [0.29, 0.717) is 6.42 Å². The van der Waals surface area contributed by atoms with Crippen LogP contribution in [0.4, 0.5) is 0 Å². The molecule has 0 N–H and O–H groups in total. The van der Waals surface area contributed by atoms with Crippen molar-refractivity contribution in [3.05, 3.63) is 11.6 Å². The van der Waals surface area contributed by atoms with Gasteiger partial charge in [0.25, 0.3) is 0 Å². The number of amides is 1. The predicted molar refractivity (Wildman–Crippen MR) is 47.4 cm³/mol. The van der Waals surface area contributed by atoms with Crippen molar-refractivity contribution < 1.29 is 4.79 Å². The number of carbonyl (C=O) groups is 1. The first kappa shape index (κ1) is 10.2. The van der Waals surface area contributed by atoms with E-state index in [9.17, 15) is 4.79 Å². The molecule has 0 spiro atoms. The molecule has 0 rings (SSSR count). The van der Waals surface area contributed by atoms with Gasteiger partial charge in [-0.25, -0.2) is 0 Å². The molecule has 0 saturated heterocycles. The highest BCUT2D eigenvalue weighted by Gasteiger charge is 2.00. The summed E-state index contributed by atoms with van der Waals surface area (Å²) in [6.07, 6.45) is 3.57. The summed E-state index contributed by atoms with van der Waals surface area (Å²) in [5, 5.41) is 0. The highest BCUT2D eigenvalue weighted by atomic mass is 16.2. The quantitative estimate of drug-likeness (QED) is 0.569. The first-order valence-corrected chi connectivity index (χ1v) is 3.87. The van der Waals surface area contributed by atoms with Crippen LogP contribution in [0.1, 0.15) is 26.7 Å². The van der Waals surface area contributed by atoms with E-state index in [2.05, 4.69) is 6.08 Å². The van der Waals surface area contributed by atoms with Crippen LogP contribution in [0.3, 0.4) is 0 Å². The molecule has 0 heterocycles. The third-order valence-corrected chi connectivity index (χ3v) is 1.41. The van der Waals surface area contributed by atoms with E-state index >= 15 is 0 Å². The topological polar surface area (TPSA) is 20.3 Å². The maximum absolute atomic E-state index is 11.0. The van der Waals surface area contributed by atoms with E-state index in [1.165, 1.54) is 5.57 Å². The van der Waals surface area contributed by atoms with Crippen LogP contribution in [0.15, 0.2) is 11.6 Å². The first-order chi connectivity index (χ1) is 5.04. The zero-order valence-electron chi connectivity index (χ0n) is 7.85. The first-order valence-electron chi connectivity index (χ1n) is 3.87. The molecule has 0 radical (unpaired) electrons. The van der Waals surface area contributed by atoms with Crippen molar-refractivity contribution in [1.82, 2.24) is 4.90 Å². The fourth-order valence-electron chi connectivity index (χ4n) is 0.708. The molecule has 0 aliphatic rings. The molecule has 0 unspecified atom stereocenters. The monoisotopic (exact) mass is 155 g/mol. The molecule has 2 heteroatoms. The predicted octanol–water partition coefficient (Wildman–Crippen LogP) is 1.82. The molecule has 1 amide bonds. The van der Waals surface area contributed by atoms with Crippen LogP contribution in [-0.2, 0) is 4.79 Å². The summed E-state index contributed by atoms with van der Waals surface area (Å²) >= 11 is 0. The maximum atomic E-state index is 11.0. The number of carbonyl (C=O) groups excluding carboxylic acids is 1. The molecule has 0 saturated carbocycles. The van der Waals surface area contributed by atoms with E-state index < -0.39 is 0 Å². The summed E-state index contributed by atoms with van der Waals surface area (Å²) < 4.78 is 0. The summed E-state index contributed by atoms with van der Waals surface area (Å²) in [7, 11) is 3.57. The molecule has 0 bridgehead atoms. The van der Waals surface area contributed by atoms with Crippen molar-refractivity contribution in [2.75, 3.05) is 14.1 Å². The molecule has 0 aliphatic heterocycles. The van der Waals surface area contributed by atoms with Crippen LogP contribution in [0.5, 0.6) is 0 Å². The largest absolute Gasteiger partial charge is 0.349 e. The minimum atomic E-state index is 0.197. The second-order valence-electron chi connectivity index (χ2n) is 3.11. The Labute approximate surface area is 68.9 Å². The van der Waals surface area contributed by atoms with E-state index in [0.717, 1.165) is 6.42 Å². The van der Waals surface area contributed by atoms with Gasteiger partial charge in [-0.05, 0) is 20.3 Å². The molecule has 0 aliphatic carbocycles. The van der Waals surface area contributed by atoms with Crippen LogP contribution >= 0.6 is 0 Å². The molecule has 0 fully saturated rings. The lowest BCUT2D eigenvalue weighted by Gasteiger charge is -2.08. The fraction of sp³-hybridized carbons (Fsp3) is 0.667. The van der Waals surface area contributed by atoms with Gasteiger partial charge < -0.3 is 4.90 Å². The molecular formula is C9H17NO. The van der Waals surface area contributed by atoms with Crippen LogP contribution in [0, 0.1) is 0 Å². The highest BCUT2D eigenvalue weighted by Crippen LogP contribution is 1.98. The molecular weight excluding hydrogens is 138 g/mol. The van der Waals surface area contributed by atoms with Crippen molar-refractivity contribution in [2.45, 2.75) is 26.7 Å². The van der Waals surface area contributed by atoms with Gasteiger partial charge >= 0.3 is 0 Å². The Morgan fingerprint density at radius 1 is 1.36 bits per heavy atom. The summed E-state index contributed by atoms with van der Waals surface area (Å²) in [5.41, 5.74) is 1.27. The molecule has 0 aromatic rings. The number of rotatable bonds is 3. The second-order valence-corrected chi connectivity index (χ2v) is 3.11. The lowest BCUT2D eigenvalue weighted by Crippen LogP contribution is -2.20. The normalized spacial score (nSPS) is 9.09. The SMILES string of the molecule is CC(C)=CCCC(=O)N(C)C. The van der Waals surface area contributed by atoms with E-state index in [1.54, 1.807) is 19.0 Å². The Hall–Kier alpha value is -0.790. The summed E-state index contributed by atoms with van der Waals surface area (Å²) in [5.74, 6) is 0.197. The average Bonchev–Trinajstić information content (AvgIpc) is 1.86. The van der Waals surface area contributed by atoms with Gasteiger partial charge in [0.2, 0.25) is 5.91 Å². The minimum Gasteiger partial charge on any atom is -0.349 e.